The zero-order chi connectivity index (χ0) is 12.8. The van der Waals surface area contributed by atoms with Crippen molar-refractivity contribution in [1.29, 1.82) is 0 Å². The van der Waals surface area contributed by atoms with Crippen LogP contribution in [0.2, 0.25) is 0 Å². The van der Waals surface area contributed by atoms with Gasteiger partial charge in [-0.2, -0.15) is 10.2 Å². The molecular formula is C14H16FN3. The monoisotopic (exact) mass is 245 g/mol. The van der Waals surface area contributed by atoms with Gasteiger partial charge < -0.3 is 5.32 Å². The molecule has 0 saturated carbocycles. The summed E-state index contributed by atoms with van der Waals surface area (Å²) in [6.45, 7) is 2.79. The van der Waals surface area contributed by atoms with Gasteiger partial charge in [-0.25, -0.2) is 4.39 Å². The van der Waals surface area contributed by atoms with Crippen LogP contribution in [-0.2, 0) is 13.0 Å². The Morgan fingerprint density at radius 2 is 2.00 bits per heavy atom. The topological polar surface area (TPSA) is 37.8 Å². The predicted molar refractivity (Wildman–Crippen MR) is 68.4 cm³/mol. The summed E-state index contributed by atoms with van der Waals surface area (Å²) in [6.07, 6.45) is 2.52. The highest BCUT2D eigenvalue weighted by Gasteiger charge is 2.04. The Morgan fingerprint density at radius 3 is 2.67 bits per heavy atom. The lowest BCUT2D eigenvalue weighted by molar-refractivity contribution is 0.536. The van der Waals surface area contributed by atoms with Crippen LogP contribution in [0.3, 0.4) is 0 Å². The molecule has 1 N–H and O–H groups in total. The van der Waals surface area contributed by atoms with E-state index in [2.05, 4.69) is 22.4 Å². The van der Waals surface area contributed by atoms with Crippen molar-refractivity contribution in [3.63, 3.8) is 0 Å². The maximum Gasteiger partial charge on any atom is 0.123 e. The fraction of sp³-hybridized carbons (Fsp3) is 0.286. The molecule has 94 valence electrons. The molecule has 0 aliphatic carbocycles. The van der Waals surface area contributed by atoms with Gasteiger partial charge in [-0.1, -0.05) is 12.1 Å². The molecule has 4 heteroatoms. The fourth-order valence-corrected chi connectivity index (χ4v) is 1.75. The summed E-state index contributed by atoms with van der Waals surface area (Å²) in [4.78, 5) is 0. The Labute approximate surface area is 106 Å². The summed E-state index contributed by atoms with van der Waals surface area (Å²) in [6, 6.07) is 10.7. The standard InChI is InChI=1S/C14H16FN3/c1-11(9-12-4-6-13(15)7-5-12)16-10-14-3-2-8-17-18-14/h2-8,11,16H,9-10H2,1H3. The summed E-state index contributed by atoms with van der Waals surface area (Å²) in [5.41, 5.74) is 2.04. The van der Waals surface area contributed by atoms with Crippen LogP contribution in [-0.4, -0.2) is 16.2 Å². The highest BCUT2D eigenvalue weighted by molar-refractivity contribution is 5.17. The lowest BCUT2D eigenvalue weighted by atomic mass is 10.1. The highest BCUT2D eigenvalue weighted by Crippen LogP contribution is 2.06. The van der Waals surface area contributed by atoms with Crippen molar-refractivity contribution in [2.45, 2.75) is 25.9 Å². The lowest BCUT2D eigenvalue weighted by Crippen LogP contribution is -2.28. The molecule has 0 aliphatic heterocycles. The molecule has 0 aliphatic rings. The van der Waals surface area contributed by atoms with E-state index in [9.17, 15) is 4.39 Å². The second-order valence-corrected chi connectivity index (χ2v) is 4.33. The van der Waals surface area contributed by atoms with Crippen molar-refractivity contribution in [2.75, 3.05) is 0 Å². The number of rotatable bonds is 5. The van der Waals surface area contributed by atoms with E-state index in [4.69, 9.17) is 0 Å². The van der Waals surface area contributed by atoms with Gasteiger partial charge in [0.15, 0.2) is 0 Å². The molecule has 1 aromatic carbocycles. The van der Waals surface area contributed by atoms with Crippen LogP contribution in [0.5, 0.6) is 0 Å². The van der Waals surface area contributed by atoms with Crippen LogP contribution < -0.4 is 5.32 Å². The molecule has 1 unspecified atom stereocenters. The Hall–Kier alpha value is -1.81. The normalized spacial score (nSPS) is 12.3. The van der Waals surface area contributed by atoms with Crippen molar-refractivity contribution in [3.8, 4) is 0 Å². The van der Waals surface area contributed by atoms with Gasteiger partial charge >= 0.3 is 0 Å². The Balaban J connectivity index is 1.82. The average molecular weight is 245 g/mol. The molecular weight excluding hydrogens is 229 g/mol. The number of aromatic nitrogens is 2. The molecule has 18 heavy (non-hydrogen) atoms. The first-order valence-electron chi connectivity index (χ1n) is 5.98. The molecule has 2 aromatic rings. The van der Waals surface area contributed by atoms with Crippen LogP contribution in [0, 0.1) is 5.82 Å². The van der Waals surface area contributed by atoms with E-state index < -0.39 is 0 Å². The molecule has 0 amide bonds. The number of nitrogens with zero attached hydrogens (tertiary/aromatic N) is 2. The molecule has 1 heterocycles. The third kappa shape index (κ3) is 3.89. The zero-order valence-electron chi connectivity index (χ0n) is 10.3. The van der Waals surface area contributed by atoms with Gasteiger partial charge in [0.2, 0.25) is 0 Å². The third-order valence-corrected chi connectivity index (χ3v) is 2.71. The van der Waals surface area contributed by atoms with Gasteiger partial charge in [-0.3, -0.25) is 0 Å². The van der Waals surface area contributed by atoms with Crippen LogP contribution in [0.25, 0.3) is 0 Å². The zero-order valence-corrected chi connectivity index (χ0v) is 10.3. The molecule has 0 spiro atoms. The molecule has 0 fully saturated rings. The lowest BCUT2D eigenvalue weighted by Gasteiger charge is -2.13. The molecule has 1 aromatic heterocycles. The predicted octanol–water partition coefficient (Wildman–Crippen LogP) is 2.34. The molecule has 0 saturated heterocycles. The van der Waals surface area contributed by atoms with E-state index in [0.29, 0.717) is 12.6 Å². The molecule has 2 rings (SSSR count). The van der Waals surface area contributed by atoms with E-state index in [1.165, 1.54) is 12.1 Å². The molecule has 3 nitrogen and oxygen atoms in total. The van der Waals surface area contributed by atoms with E-state index >= 15 is 0 Å². The number of nitrogens with one attached hydrogen (secondary N) is 1. The van der Waals surface area contributed by atoms with Gasteiger partial charge in [-0.15, -0.1) is 0 Å². The number of hydrogen-bond acceptors (Lipinski definition) is 3. The van der Waals surface area contributed by atoms with Crippen molar-refractivity contribution in [3.05, 3.63) is 59.7 Å². The summed E-state index contributed by atoms with van der Waals surface area (Å²) in [5, 5.41) is 11.2. The first-order chi connectivity index (χ1) is 8.74. The number of hydrogen-bond donors (Lipinski definition) is 1. The van der Waals surface area contributed by atoms with E-state index in [-0.39, 0.29) is 5.82 Å². The van der Waals surface area contributed by atoms with E-state index in [0.717, 1.165) is 17.7 Å². The molecule has 0 radical (unpaired) electrons. The minimum Gasteiger partial charge on any atom is -0.308 e. The quantitative estimate of drug-likeness (QED) is 0.878. The van der Waals surface area contributed by atoms with Crippen molar-refractivity contribution in [2.24, 2.45) is 0 Å². The summed E-state index contributed by atoms with van der Waals surface area (Å²) in [5.74, 6) is -0.195. The van der Waals surface area contributed by atoms with Crippen LogP contribution in [0.15, 0.2) is 42.6 Å². The fourth-order valence-electron chi connectivity index (χ4n) is 1.75. The van der Waals surface area contributed by atoms with E-state index in [1.54, 1.807) is 6.20 Å². The number of halogens is 1. The first kappa shape index (κ1) is 12.6. The maximum atomic E-state index is 12.8. The average Bonchev–Trinajstić information content (AvgIpc) is 2.40. The molecule has 1 atom stereocenters. The Kier molecular flexibility index (Phi) is 4.36. The van der Waals surface area contributed by atoms with Crippen molar-refractivity contribution >= 4 is 0 Å². The second kappa shape index (κ2) is 6.21. The van der Waals surface area contributed by atoms with Crippen molar-refractivity contribution < 1.29 is 4.39 Å². The van der Waals surface area contributed by atoms with Crippen LogP contribution in [0.1, 0.15) is 18.2 Å². The Bertz CT molecular complexity index is 470. The number of benzene rings is 1. The smallest absolute Gasteiger partial charge is 0.123 e. The Morgan fingerprint density at radius 1 is 1.22 bits per heavy atom. The third-order valence-electron chi connectivity index (χ3n) is 2.71. The second-order valence-electron chi connectivity index (χ2n) is 4.33. The minimum absolute atomic E-state index is 0.195. The largest absolute Gasteiger partial charge is 0.308 e. The minimum atomic E-state index is -0.195. The summed E-state index contributed by atoms with van der Waals surface area (Å²) < 4.78 is 12.8. The first-order valence-corrected chi connectivity index (χ1v) is 5.98. The highest BCUT2D eigenvalue weighted by atomic mass is 19.1. The molecule has 0 bridgehead atoms. The summed E-state index contributed by atoms with van der Waals surface area (Å²) in [7, 11) is 0. The summed E-state index contributed by atoms with van der Waals surface area (Å²) >= 11 is 0. The van der Waals surface area contributed by atoms with Gasteiger partial charge in [0.05, 0.1) is 5.69 Å². The van der Waals surface area contributed by atoms with Crippen LogP contribution >= 0.6 is 0 Å². The van der Waals surface area contributed by atoms with Crippen molar-refractivity contribution in [1.82, 2.24) is 15.5 Å². The van der Waals surface area contributed by atoms with Gasteiger partial charge in [-0.05, 0) is 43.2 Å². The maximum absolute atomic E-state index is 12.8. The SMILES string of the molecule is CC(Cc1ccc(F)cc1)NCc1cccnn1. The van der Waals surface area contributed by atoms with Crippen LogP contribution in [0.4, 0.5) is 4.39 Å². The van der Waals surface area contributed by atoms with E-state index in [1.807, 2.05) is 24.3 Å². The van der Waals surface area contributed by atoms with Gasteiger partial charge in [0.1, 0.15) is 5.82 Å². The van der Waals surface area contributed by atoms with Gasteiger partial charge in [0.25, 0.3) is 0 Å². The van der Waals surface area contributed by atoms with Gasteiger partial charge in [0, 0.05) is 18.8 Å².